The van der Waals surface area contributed by atoms with Crippen molar-refractivity contribution in [3.8, 4) is 0 Å². The molecule has 0 bridgehead atoms. The number of rotatable bonds is 13. The van der Waals surface area contributed by atoms with Crippen molar-refractivity contribution in [2.75, 3.05) is 13.2 Å². The van der Waals surface area contributed by atoms with Crippen LogP contribution in [0.15, 0.2) is 43.0 Å². The number of hydrogen-bond acceptors (Lipinski definition) is 9. The topological polar surface area (TPSA) is 126 Å². The van der Waals surface area contributed by atoms with E-state index >= 15 is 0 Å². The van der Waals surface area contributed by atoms with Crippen LogP contribution in [0, 0.1) is 0 Å². The van der Waals surface area contributed by atoms with Crippen LogP contribution in [0.4, 0.5) is 0 Å². The van der Waals surface area contributed by atoms with Gasteiger partial charge in [0.05, 0.1) is 26.2 Å². The predicted octanol–water partition coefficient (Wildman–Crippen LogP) is 3.20. The number of esters is 2. The molecule has 5 atom stereocenters. The molecule has 10 nitrogen and oxygen atoms in total. The number of benzene rings is 1. The Morgan fingerprint density at radius 3 is 2.32 bits per heavy atom. The van der Waals surface area contributed by atoms with Crippen LogP contribution < -0.4 is 5.32 Å². The van der Waals surface area contributed by atoms with Gasteiger partial charge in [0.2, 0.25) is 0 Å². The molecule has 1 saturated heterocycles. The van der Waals surface area contributed by atoms with Crippen LogP contribution in [0.25, 0.3) is 0 Å². The summed E-state index contributed by atoms with van der Waals surface area (Å²) in [7, 11) is 0. The SMILES string of the molecule is C=CCO[C@@H]1O[C@H](COCc2ccccc2)[C@@H](OC(C)=O)[C@H](OC(=O)CCC(C)=O)[C@H]1NC(=O)C(Cl)(Cl)Cl. The van der Waals surface area contributed by atoms with Gasteiger partial charge in [-0.15, -0.1) is 6.58 Å². The number of Topliss-reactive ketones (excluding diaryl/α,β-unsaturated/α-hetero) is 1. The second kappa shape index (κ2) is 15.4. The van der Waals surface area contributed by atoms with Gasteiger partial charge in [-0.1, -0.05) is 71.2 Å². The molecule has 0 unspecified atom stereocenters. The molecule has 1 N–H and O–H groups in total. The van der Waals surface area contributed by atoms with Crippen molar-refractivity contribution in [2.45, 2.75) is 67.7 Å². The minimum absolute atomic E-state index is 0.0222. The summed E-state index contributed by atoms with van der Waals surface area (Å²) >= 11 is 17.2. The van der Waals surface area contributed by atoms with E-state index in [0.717, 1.165) is 12.5 Å². The van der Waals surface area contributed by atoms with Gasteiger partial charge in [0.25, 0.3) is 9.70 Å². The lowest BCUT2D eigenvalue weighted by atomic mass is 9.96. The van der Waals surface area contributed by atoms with Crippen LogP contribution in [0.1, 0.15) is 32.3 Å². The van der Waals surface area contributed by atoms with Crippen LogP contribution in [0.3, 0.4) is 0 Å². The van der Waals surface area contributed by atoms with Gasteiger partial charge < -0.3 is 33.8 Å². The average Bonchev–Trinajstić information content (AvgIpc) is 2.84. The number of alkyl halides is 3. The normalized spacial score (nSPS) is 23.2. The van der Waals surface area contributed by atoms with E-state index in [-0.39, 0.29) is 38.4 Å². The molecule has 0 aromatic heterocycles. The molecule has 1 aromatic carbocycles. The second-order valence-corrected chi connectivity index (χ2v) is 10.7. The average molecular weight is 595 g/mol. The molecule has 1 heterocycles. The fraction of sp³-hybridized carbons (Fsp3) is 0.520. The number of halogens is 3. The monoisotopic (exact) mass is 593 g/mol. The lowest BCUT2D eigenvalue weighted by Gasteiger charge is -2.45. The summed E-state index contributed by atoms with van der Waals surface area (Å²) in [5.74, 6) is -2.79. The molecule has 210 valence electrons. The van der Waals surface area contributed by atoms with Gasteiger partial charge >= 0.3 is 11.9 Å². The number of hydrogen-bond donors (Lipinski definition) is 1. The second-order valence-electron chi connectivity index (χ2n) is 8.39. The van der Waals surface area contributed by atoms with Crippen molar-refractivity contribution in [1.82, 2.24) is 5.32 Å². The van der Waals surface area contributed by atoms with Crippen molar-refractivity contribution in [3.05, 3.63) is 48.6 Å². The van der Waals surface area contributed by atoms with Crippen LogP contribution in [0.2, 0.25) is 0 Å². The van der Waals surface area contributed by atoms with Gasteiger partial charge in [0.1, 0.15) is 17.9 Å². The smallest absolute Gasteiger partial charge is 0.306 e. The highest BCUT2D eigenvalue weighted by atomic mass is 35.6. The standard InChI is InChI=1S/C25H30Cl3NO9/c1-4-12-35-23-20(29-24(33)25(26,27)28)22(38-19(32)11-10-15(2)30)21(36-16(3)31)18(37-23)14-34-13-17-8-6-5-7-9-17/h4-9,18,20-23H,1,10-14H2,2-3H3,(H,29,33)/t18-,20-,21-,22-,23-/m1/s1. The van der Waals surface area contributed by atoms with Gasteiger partial charge in [0, 0.05) is 13.3 Å². The first-order valence-corrected chi connectivity index (χ1v) is 12.8. The third kappa shape index (κ3) is 10.5. The van der Waals surface area contributed by atoms with Crippen LogP contribution in [0.5, 0.6) is 0 Å². The number of ketones is 1. The highest BCUT2D eigenvalue weighted by molar-refractivity contribution is 6.76. The number of nitrogens with one attached hydrogen (secondary N) is 1. The highest BCUT2D eigenvalue weighted by Gasteiger charge is 2.52. The Hall–Kier alpha value is -2.21. The first-order valence-electron chi connectivity index (χ1n) is 11.7. The summed E-state index contributed by atoms with van der Waals surface area (Å²) in [4.78, 5) is 48.7. The maximum Gasteiger partial charge on any atom is 0.306 e. The molecule has 2 rings (SSSR count). The number of carbonyl (C=O) groups is 4. The molecule has 0 aliphatic carbocycles. The Morgan fingerprint density at radius 1 is 1.05 bits per heavy atom. The number of amides is 1. The fourth-order valence-corrected chi connectivity index (χ4v) is 3.72. The highest BCUT2D eigenvalue weighted by Crippen LogP contribution is 2.31. The Morgan fingerprint density at radius 2 is 1.74 bits per heavy atom. The Kier molecular flexibility index (Phi) is 13.0. The summed E-state index contributed by atoms with van der Waals surface area (Å²) in [5, 5.41) is 2.45. The maximum atomic E-state index is 12.7. The minimum Gasteiger partial charge on any atom is -0.456 e. The third-order valence-corrected chi connectivity index (χ3v) is 5.74. The summed E-state index contributed by atoms with van der Waals surface area (Å²) in [6.45, 7) is 6.16. The lowest BCUT2D eigenvalue weighted by molar-refractivity contribution is -0.277. The van der Waals surface area contributed by atoms with Crippen molar-refractivity contribution in [1.29, 1.82) is 0 Å². The number of carbonyl (C=O) groups excluding carboxylic acids is 4. The molecule has 1 aliphatic rings. The molecule has 1 aromatic rings. The summed E-state index contributed by atoms with van der Waals surface area (Å²) < 4.78 is 26.2. The van der Waals surface area contributed by atoms with Crippen LogP contribution in [-0.4, -0.2) is 71.3 Å². The number of ether oxygens (including phenoxy) is 5. The van der Waals surface area contributed by atoms with Gasteiger partial charge in [-0.2, -0.15) is 0 Å². The van der Waals surface area contributed by atoms with Gasteiger partial charge in [0.15, 0.2) is 18.5 Å². The molecule has 1 amide bonds. The van der Waals surface area contributed by atoms with E-state index in [0.29, 0.717) is 0 Å². The molecule has 0 saturated carbocycles. The lowest BCUT2D eigenvalue weighted by Crippen LogP contribution is -2.67. The molecule has 1 aliphatic heterocycles. The Labute approximate surface area is 235 Å². The van der Waals surface area contributed by atoms with E-state index < -0.39 is 52.3 Å². The molecule has 0 radical (unpaired) electrons. The molecule has 38 heavy (non-hydrogen) atoms. The molecule has 1 fully saturated rings. The van der Waals surface area contributed by atoms with E-state index in [2.05, 4.69) is 11.9 Å². The van der Waals surface area contributed by atoms with Crippen molar-refractivity contribution < 1.29 is 42.9 Å². The van der Waals surface area contributed by atoms with Crippen molar-refractivity contribution in [3.63, 3.8) is 0 Å². The van der Waals surface area contributed by atoms with Crippen molar-refractivity contribution in [2.24, 2.45) is 0 Å². The first-order chi connectivity index (χ1) is 17.9. The zero-order chi connectivity index (χ0) is 28.3. The Bertz CT molecular complexity index is 971. The van der Waals surface area contributed by atoms with Crippen LogP contribution in [-0.2, 0) is 49.5 Å². The quantitative estimate of drug-likeness (QED) is 0.208. The third-order valence-electron chi connectivity index (χ3n) is 5.22. The van der Waals surface area contributed by atoms with E-state index in [1.54, 1.807) is 0 Å². The summed E-state index contributed by atoms with van der Waals surface area (Å²) in [6.07, 6.45) is -3.76. The zero-order valence-electron chi connectivity index (χ0n) is 20.9. The largest absolute Gasteiger partial charge is 0.456 e. The van der Waals surface area contributed by atoms with Gasteiger partial charge in [-0.25, -0.2) is 0 Å². The van der Waals surface area contributed by atoms with E-state index in [1.165, 1.54) is 13.0 Å². The molecular weight excluding hydrogens is 565 g/mol. The summed E-state index contributed by atoms with van der Waals surface area (Å²) in [5.41, 5.74) is 0.881. The maximum absolute atomic E-state index is 12.7. The molecular formula is C25H30Cl3NO9. The fourth-order valence-electron chi connectivity index (χ4n) is 3.56. The van der Waals surface area contributed by atoms with Gasteiger partial charge in [-0.05, 0) is 12.5 Å². The van der Waals surface area contributed by atoms with Gasteiger partial charge in [-0.3, -0.25) is 14.4 Å². The summed E-state index contributed by atoms with van der Waals surface area (Å²) in [6, 6.07) is 8.01. The molecule has 0 spiro atoms. The van der Waals surface area contributed by atoms with Crippen LogP contribution >= 0.6 is 34.8 Å². The minimum atomic E-state index is -2.38. The van der Waals surface area contributed by atoms with Crippen molar-refractivity contribution >= 4 is 58.4 Å². The first kappa shape index (κ1) is 32.0. The zero-order valence-corrected chi connectivity index (χ0v) is 23.2. The predicted molar refractivity (Wildman–Crippen MR) is 138 cm³/mol. The van der Waals surface area contributed by atoms with E-state index in [4.69, 9.17) is 58.5 Å². The van der Waals surface area contributed by atoms with E-state index in [1.807, 2.05) is 30.3 Å². The molecule has 13 heteroatoms. The Balaban J connectivity index is 2.39. The van der Waals surface area contributed by atoms with E-state index in [9.17, 15) is 19.2 Å².